The van der Waals surface area contributed by atoms with Gasteiger partial charge in [0.05, 0.1) is 11.1 Å². The van der Waals surface area contributed by atoms with E-state index < -0.39 is 29.7 Å². The van der Waals surface area contributed by atoms with E-state index in [0.717, 1.165) is 4.90 Å². The van der Waals surface area contributed by atoms with Gasteiger partial charge < -0.3 is 24.3 Å². The van der Waals surface area contributed by atoms with Crippen LogP contribution >= 0.6 is 0 Å². The predicted octanol–water partition coefficient (Wildman–Crippen LogP) is -2.95. The molecule has 1 aromatic rings. The topological polar surface area (TPSA) is 146 Å². The molecule has 1 aromatic carbocycles. The molecule has 3 rings (SSSR count). The molecular formula is C13H15ClN4O4. The molecule has 2 heterocycles. The number of hydrogen-bond acceptors (Lipinski definition) is 5. The second kappa shape index (κ2) is 6.12. The maximum absolute atomic E-state index is 12.3. The minimum atomic E-state index is -0.959. The normalized spacial score (nSPS) is 20.0. The van der Waals surface area contributed by atoms with Gasteiger partial charge in [-0.2, -0.15) is 0 Å². The highest BCUT2D eigenvalue weighted by Gasteiger charge is 2.45. The molecule has 22 heavy (non-hydrogen) atoms. The molecule has 0 aromatic heterocycles. The van der Waals surface area contributed by atoms with Crippen molar-refractivity contribution in [2.45, 2.75) is 18.9 Å². The average Bonchev–Trinajstić information content (AvgIpc) is 2.64. The van der Waals surface area contributed by atoms with E-state index >= 15 is 0 Å². The molecule has 8 nitrogen and oxygen atoms in total. The minimum absolute atomic E-state index is 0. The summed E-state index contributed by atoms with van der Waals surface area (Å²) in [4.78, 5) is 48.4. The van der Waals surface area contributed by atoms with Gasteiger partial charge in [0, 0.05) is 12.1 Å². The molecule has 4 amide bonds. The Morgan fingerprint density at radius 3 is 2.41 bits per heavy atom. The second-order valence-electron chi connectivity index (χ2n) is 4.72. The highest BCUT2D eigenvalue weighted by molar-refractivity contribution is 6.25. The van der Waals surface area contributed by atoms with Crippen LogP contribution in [0.5, 0.6) is 0 Å². The number of anilines is 1. The predicted molar refractivity (Wildman–Crippen MR) is 73.5 cm³/mol. The zero-order valence-corrected chi connectivity index (χ0v) is 12.5. The number of carbonyl (C=O) groups is 4. The van der Waals surface area contributed by atoms with Crippen molar-refractivity contribution in [1.82, 2.24) is 16.4 Å². The van der Waals surface area contributed by atoms with Gasteiger partial charge in [0.2, 0.25) is 11.8 Å². The van der Waals surface area contributed by atoms with E-state index in [1.54, 1.807) is 6.07 Å². The van der Waals surface area contributed by atoms with E-state index in [2.05, 4.69) is 5.32 Å². The molecule has 2 aliphatic heterocycles. The molecule has 1 atom stereocenters. The fourth-order valence-corrected chi connectivity index (χ4v) is 2.54. The van der Waals surface area contributed by atoms with Crippen LogP contribution in [0.25, 0.3) is 0 Å². The first-order valence-electron chi connectivity index (χ1n) is 6.11. The number of hydrogen-bond donors (Lipinski definition) is 3. The highest BCUT2D eigenvalue weighted by atomic mass is 35.5. The number of carbonyl (C=O) groups excluding carboxylic acids is 4. The number of imide groups is 2. The van der Waals surface area contributed by atoms with Gasteiger partial charge in [-0.25, -0.2) is 0 Å². The number of piperidine rings is 1. The first-order chi connectivity index (χ1) is 9.50. The Hall–Kier alpha value is -2.45. The lowest BCUT2D eigenvalue weighted by molar-refractivity contribution is -0.136. The molecule has 0 saturated carbocycles. The zero-order chi connectivity index (χ0) is 14.4. The lowest BCUT2D eigenvalue weighted by atomic mass is 10.0. The lowest BCUT2D eigenvalue weighted by Crippen LogP contribution is -3.00. The van der Waals surface area contributed by atoms with Crippen molar-refractivity contribution >= 4 is 29.3 Å². The maximum Gasteiger partial charge on any atom is 0.264 e. The first-order valence-corrected chi connectivity index (χ1v) is 6.11. The molecule has 9 heteroatoms. The first kappa shape index (κ1) is 17.6. The number of rotatable bonds is 1. The standard InChI is InChI=1S/C13H11N3O4.ClH.H3N/c14-7-3-1-2-6-10(7)13(20)16(12(6)19)8-4-5-9(17)15-11(8)18;;/h1-3,8H,4-5,14H2,(H,15,17,18);1H;1H3. The fourth-order valence-electron chi connectivity index (χ4n) is 2.54. The summed E-state index contributed by atoms with van der Waals surface area (Å²) in [6.07, 6.45) is 0.231. The number of nitrogens with two attached hydrogens (primary N) is 1. The molecule has 0 aliphatic carbocycles. The summed E-state index contributed by atoms with van der Waals surface area (Å²) in [6, 6.07) is 3.64. The summed E-state index contributed by atoms with van der Waals surface area (Å²) in [5.74, 6) is -2.17. The van der Waals surface area contributed by atoms with E-state index in [9.17, 15) is 19.2 Å². The van der Waals surface area contributed by atoms with Crippen LogP contribution in [0.3, 0.4) is 0 Å². The Balaban J connectivity index is 0.00000121. The van der Waals surface area contributed by atoms with Crippen LogP contribution in [0.2, 0.25) is 0 Å². The summed E-state index contributed by atoms with van der Waals surface area (Å²) >= 11 is 0. The average molecular weight is 327 g/mol. The van der Waals surface area contributed by atoms with Gasteiger partial charge in [0.25, 0.3) is 11.8 Å². The maximum atomic E-state index is 12.3. The van der Waals surface area contributed by atoms with Crippen LogP contribution in [0.15, 0.2) is 18.2 Å². The Morgan fingerprint density at radius 1 is 1.14 bits per heavy atom. The molecule has 1 fully saturated rings. The van der Waals surface area contributed by atoms with Gasteiger partial charge in [-0.1, -0.05) is 6.07 Å². The number of benzene rings is 1. The van der Waals surface area contributed by atoms with Gasteiger partial charge in [0.15, 0.2) is 0 Å². The molecule has 0 radical (unpaired) electrons. The summed E-state index contributed by atoms with van der Waals surface area (Å²) in [5, 5.41) is 2.13. The van der Waals surface area contributed by atoms with E-state index in [1.165, 1.54) is 12.1 Å². The largest absolute Gasteiger partial charge is 1.00 e. The third kappa shape index (κ3) is 2.42. The Bertz CT molecular complexity index is 676. The monoisotopic (exact) mass is 326 g/mol. The molecule has 2 aliphatic rings. The van der Waals surface area contributed by atoms with Crippen LogP contribution < -0.4 is 29.6 Å². The van der Waals surface area contributed by atoms with Crippen molar-refractivity contribution in [2.75, 3.05) is 5.73 Å². The molecule has 7 N–H and O–H groups in total. The third-order valence-corrected chi connectivity index (χ3v) is 3.50. The van der Waals surface area contributed by atoms with Crippen molar-refractivity contribution in [3.05, 3.63) is 29.3 Å². The van der Waals surface area contributed by atoms with E-state index in [4.69, 9.17) is 5.73 Å². The summed E-state index contributed by atoms with van der Waals surface area (Å²) in [5.41, 5.74) is 6.24. The van der Waals surface area contributed by atoms with Crippen LogP contribution in [-0.4, -0.2) is 34.6 Å². The molecule has 1 unspecified atom stereocenters. The van der Waals surface area contributed by atoms with Crippen molar-refractivity contribution in [3.63, 3.8) is 0 Å². The number of quaternary nitrogens is 1. The summed E-state index contributed by atoms with van der Waals surface area (Å²) < 4.78 is 0. The quantitative estimate of drug-likeness (QED) is 0.373. The Morgan fingerprint density at radius 2 is 1.82 bits per heavy atom. The number of nitrogens with zero attached hydrogens (tertiary/aromatic N) is 1. The van der Waals surface area contributed by atoms with Crippen molar-refractivity contribution in [2.24, 2.45) is 0 Å². The minimum Gasteiger partial charge on any atom is -1.00 e. The molecule has 118 valence electrons. The van der Waals surface area contributed by atoms with Gasteiger partial charge in [0.1, 0.15) is 6.04 Å². The fraction of sp³-hybridized carbons (Fsp3) is 0.231. The van der Waals surface area contributed by atoms with Gasteiger partial charge in [-0.05, 0) is 18.6 Å². The van der Waals surface area contributed by atoms with Crippen LogP contribution in [0, 0.1) is 0 Å². The second-order valence-corrected chi connectivity index (χ2v) is 4.72. The zero-order valence-electron chi connectivity index (χ0n) is 11.8. The molecule has 1 saturated heterocycles. The molecule has 0 bridgehead atoms. The molecule has 0 spiro atoms. The van der Waals surface area contributed by atoms with Crippen molar-refractivity contribution in [3.8, 4) is 0 Å². The Kier molecular flexibility index (Phi) is 4.90. The molecular weight excluding hydrogens is 312 g/mol. The van der Waals surface area contributed by atoms with Crippen LogP contribution in [0.4, 0.5) is 5.69 Å². The number of halogens is 1. The summed E-state index contributed by atoms with van der Waals surface area (Å²) in [7, 11) is 0. The SMILES string of the molecule is Nc1cccc2c1C(=O)N(C1CCC(=O)NC1=O)C2=O.[Cl-].[NH4+]. The third-order valence-electron chi connectivity index (χ3n) is 3.50. The van der Waals surface area contributed by atoms with Crippen LogP contribution in [0.1, 0.15) is 33.6 Å². The van der Waals surface area contributed by atoms with Gasteiger partial charge in [-0.15, -0.1) is 0 Å². The number of fused-ring (bicyclic) bond motifs is 1. The van der Waals surface area contributed by atoms with Gasteiger partial charge in [-0.3, -0.25) is 29.4 Å². The van der Waals surface area contributed by atoms with E-state index in [-0.39, 0.29) is 48.2 Å². The smallest absolute Gasteiger partial charge is 0.264 e. The lowest BCUT2D eigenvalue weighted by Gasteiger charge is -2.27. The number of nitrogen functional groups attached to an aromatic ring is 1. The van der Waals surface area contributed by atoms with Crippen molar-refractivity contribution in [1.29, 1.82) is 0 Å². The van der Waals surface area contributed by atoms with E-state index in [1.807, 2.05) is 0 Å². The highest BCUT2D eigenvalue weighted by Crippen LogP contribution is 2.30. The number of nitrogens with one attached hydrogen (secondary N) is 1. The van der Waals surface area contributed by atoms with Crippen molar-refractivity contribution < 1.29 is 31.6 Å². The number of amides is 4. The van der Waals surface area contributed by atoms with Gasteiger partial charge >= 0.3 is 0 Å². The van der Waals surface area contributed by atoms with Crippen LogP contribution in [-0.2, 0) is 9.59 Å². The van der Waals surface area contributed by atoms with E-state index in [0.29, 0.717) is 0 Å². The Labute approximate surface area is 132 Å². The summed E-state index contributed by atoms with van der Waals surface area (Å²) in [6.45, 7) is 0.